The number of carbonyl (C=O) groups is 1. The Hall–Kier alpha value is -1.12. The maximum atomic E-state index is 12.6. The number of hydrogen-bond acceptors (Lipinski definition) is 6. The van der Waals surface area contributed by atoms with Gasteiger partial charge in [0.1, 0.15) is 10.1 Å². The number of carbonyl (C=O) groups excluding carboxylic acids is 1. The Morgan fingerprint density at radius 3 is 2.84 bits per heavy atom. The summed E-state index contributed by atoms with van der Waals surface area (Å²) in [6, 6.07) is 4.74. The van der Waals surface area contributed by atoms with Crippen molar-refractivity contribution in [3.63, 3.8) is 0 Å². The van der Waals surface area contributed by atoms with Gasteiger partial charge in [-0.1, -0.05) is 35.6 Å². The molecular weight excluding hydrogens is 380 g/mol. The van der Waals surface area contributed by atoms with Crippen molar-refractivity contribution in [2.75, 3.05) is 39.4 Å². The molecule has 25 heavy (non-hydrogen) atoms. The van der Waals surface area contributed by atoms with Gasteiger partial charge in [-0.2, -0.15) is 0 Å². The number of halogens is 1. The van der Waals surface area contributed by atoms with Crippen LogP contribution in [0.2, 0.25) is 5.02 Å². The Bertz CT molecular complexity index is 705. The molecule has 0 unspecified atom stereocenters. The predicted molar refractivity (Wildman–Crippen MR) is 105 cm³/mol. The van der Waals surface area contributed by atoms with Crippen molar-refractivity contribution in [3.05, 3.63) is 33.7 Å². The van der Waals surface area contributed by atoms with Gasteiger partial charge in [-0.25, -0.2) is 0 Å². The van der Waals surface area contributed by atoms with Gasteiger partial charge in [0.2, 0.25) is 0 Å². The molecule has 2 heterocycles. The quantitative estimate of drug-likeness (QED) is 0.608. The van der Waals surface area contributed by atoms with Crippen molar-refractivity contribution >= 4 is 51.9 Å². The molecule has 2 aliphatic heterocycles. The van der Waals surface area contributed by atoms with Gasteiger partial charge in [0.15, 0.2) is 0 Å². The van der Waals surface area contributed by atoms with Crippen molar-refractivity contribution in [1.29, 1.82) is 0 Å². The number of benzene rings is 1. The van der Waals surface area contributed by atoms with Gasteiger partial charge in [0.05, 0.1) is 18.1 Å². The first kappa shape index (κ1) is 18.7. The molecule has 2 saturated heterocycles. The van der Waals surface area contributed by atoms with E-state index >= 15 is 0 Å². The minimum atomic E-state index is -0.114. The van der Waals surface area contributed by atoms with Gasteiger partial charge in [-0.3, -0.25) is 14.6 Å². The van der Waals surface area contributed by atoms with E-state index in [1.807, 2.05) is 0 Å². The zero-order valence-electron chi connectivity index (χ0n) is 13.6. The molecule has 0 radical (unpaired) electrons. The van der Waals surface area contributed by atoms with E-state index in [9.17, 15) is 9.90 Å². The van der Waals surface area contributed by atoms with Crippen LogP contribution in [0.5, 0.6) is 5.75 Å². The van der Waals surface area contributed by atoms with Crippen LogP contribution in [0.3, 0.4) is 0 Å². The molecule has 2 fully saturated rings. The molecule has 3 rings (SSSR count). The van der Waals surface area contributed by atoms with Crippen molar-refractivity contribution < 1.29 is 14.6 Å². The lowest BCUT2D eigenvalue weighted by atomic mass is 10.2. The minimum absolute atomic E-state index is 0.0852. The number of morpholine rings is 1. The molecule has 1 N–H and O–H groups in total. The second-order valence-corrected chi connectivity index (χ2v) is 7.96. The molecule has 1 aromatic rings. The molecular formula is C17H19ClN2O3S2. The van der Waals surface area contributed by atoms with E-state index in [1.54, 1.807) is 23.1 Å². The fourth-order valence-electron chi connectivity index (χ4n) is 2.75. The number of hydrogen-bond donors (Lipinski definition) is 1. The summed E-state index contributed by atoms with van der Waals surface area (Å²) in [7, 11) is 0. The molecule has 0 bridgehead atoms. The third-order valence-corrected chi connectivity index (χ3v) is 5.72. The summed E-state index contributed by atoms with van der Waals surface area (Å²) in [5.74, 6) is -0.0293. The number of aromatic hydroxyl groups is 1. The zero-order valence-corrected chi connectivity index (χ0v) is 16.0. The summed E-state index contributed by atoms with van der Waals surface area (Å²) in [5, 5.41) is 10.4. The molecule has 0 saturated carbocycles. The smallest absolute Gasteiger partial charge is 0.266 e. The van der Waals surface area contributed by atoms with Gasteiger partial charge in [0, 0.05) is 36.8 Å². The lowest BCUT2D eigenvalue weighted by molar-refractivity contribution is -0.122. The number of rotatable bonds is 5. The van der Waals surface area contributed by atoms with Gasteiger partial charge in [-0.15, -0.1) is 0 Å². The Kier molecular flexibility index (Phi) is 6.35. The molecule has 8 heteroatoms. The molecule has 0 aliphatic carbocycles. The Morgan fingerprint density at radius 2 is 2.08 bits per heavy atom. The number of phenolic OH excluding ortho intramolecular Hbond substituents is 1. The van der Waals surface area contributed by atoms with Crippen LogP contribution in [0.4, 0.5) is 0 Å². The van der Waals surface area contributed by atoms with E-state index in [1.165, 1.54) is 17.8 Å². The topological polar surface area (TPSA) is 53.0 Å². The van der Waals surface area contributed by atoms with Gasteiger partial charge in [0.25, 0.3) is 5.91 Å². The van der Waals surface area contributed by atoms with E-state index in [0.29, 0.717) is 26.4 Å². The maximum absolute atomic E-state index is 12.6. The van der Waals surface area contributed by atoms with Crippen LogP contribution < -0.4 is 0 Å². The first-order chi connectivity index (χ1) is 12.0. The normalized spacial score (nSPS) is 20.7. The van der Waals surface area contributed by atoms with E-state index in [4.69, 9.17) is 28.6 Å². The summed E-state index contributed by atoms with van der Waals surface area (Å²) >= 11 is 12.6. The second-order valence-electron chi connectivity index (χ2n) is 5.84. The van der Waals surface area contributed by atoms with Crippen LogP contribution in [-0.2, 0) is 9.53 Å². The third kappa shape index (κ3) is 4.74. The lowest BCUT2D eigenvalue weighted by Gasteiger charge is -2.27. The first-order valence-electron chi connectivity index (χ1n) is 8.08. The molecule has 134 valence electrons. The van der Waals surface area contributed by atoms with Crippen LogP contribution in [0.25, 0.3) is 6.08 Å². The molecule has 1 amide bonds. The average Bonchev–Trinajstić information content (AvgIpc) is 2.86. The summed E-state index contributed by atoms with van der Waals surface area (Å²) in [4.78, 5) is 17.1. The summed E-state index contributed by atoms with van der Waals surface area (Å²) in [5.41, 5.74) is 0.515. The van der Waals surface area contributed by atoms with E-state index in [2.05, 4.69) is 4.90 Å². The van der Waals surface area contributed by atoms with E-state index < -0.39 is 0 Å². The Balaban J connectivity index is 1.61. The molecule has 2 aliphatic rings. The highest BCUT2D eigenvalue weighted by atomic mass is 35.5. The molecule has 0 atom stereocenters. The highest BCUT2D eigenvalue weighted by molar-refractivity contribution is 8.26. The number of nitrogens with zero attached hydrogens (tertiary/aromatic N) is 2. The van der Waals surface area contributed by atoms with Crippen LogP contribution in [0.1, 0.15) is 12.0 Å². The number of amides is 1. The number of thioether (sulfide) groups is 1. The van der Waals surface area contributed by atoms with E-state index in [-0.39, 0.29) is 11.7 Å². The van der Waals surface area contributed by atoms with Gasteiger partial charge >= 0.3 is 0 Å². The van der Waals surface area contributed by atoms with Crippen molar-refractivity contribution in [1.82, 2.24) is 9.80 Å². The maximum Gasteiger partial charge on any atom is 0.266 e. The number of phenols is 1. The summed E-state index contributed by atoms with van der Waals surface area (Å²) in [6.45, 7) is 4.94. The van der Waals surface area contributed by atoms with E-state index in [0.717, 1.165) is 39.3 Å². The zero-order chi connectivity index (χ0) is 17.8. The Labute approximate surface area is 161 Å². The molecule has 0 aromatic heterocycles. The average molecular weight is 399 g/mol. The molecule has 0 spiro atoms. The fraction of sp³-hybridized carbons (Fsp3) is 0.412. The predicted octanol–water partition coefficient (Wildman–Crippen LogP) is 2.97. The van der Waals surface area contributed by atoms with Crippen molar-refractivity contribution in [2.24, 2.45) is 0 Å². The summed E-state index contributed by atoms with van der Waals surface area (Å²) in [6.07, 6.45) is 2.50. The SMILES string of the molecule is O=C1/C(=C/c2cc(Cl)ccc2O)SC(=S)N1CCCN1CCOCC1. The van der Waals surface area contributed by atoms with Gasteiger partial charge < -0.3 is 9.84 Å². The number of thiocarbonyl (C=S) groups is 1. The fourth-order valence-corrected chi connectivity index (χ4v) is 4.23. The first-order valence-corrected chi connectivity index (χ1v) is 9.69. The number of ether oxygens (including phenoxy) is 1. The van der Waals surface area contributed by atoms with Crippen LogP contribution in [0.15, 0.2) is 23.1 Å². The monoisotopic (exact) mass is 398 g/mol. The lowest BCUT2D eigenvalue weighted by Crippen LogP contribution is -2.38. The largest absolute Gasteiger partial charge is 0.507 e. The molecule has 5 nitrogen and oxygen atoms in total. The van der Waals surface area contributed by atoms with Gasteiger partial charge in [-0.05, 0) is 30.7 Å². The van der Waals surface area contributed by atoms with Crippen LogP contribution in [0, 0.1) is 0 Å². The van der Waals surface area contributed by atoms with Crippen molar-refractivity contribution in [2.45, 2.75) is 6.42 Å². The highest BCUT2D eigenvalue weighted by Crippen LogP contribution is 2.34. The molecule has 1 aromatic carbocycles. The Morgan fingerprint density at radius 1 is 1.32 bits per heavy atom. The minimum Gasteiger partial charge on any atom is -0.507 e. The third-order valence-electron chi connectivity index (χ3n) is 4.11. The van der Waals surface area contributed by atoms with Crippen LogP contribution >= 0.6 is 35.6 Å². The van der Waals surface area contributed by atoms with Crippen LogP contribution in [-0.4, -0.2) is 64.5 Å². The second kappa shape index (κ2) is 8.51. The highest BCUT2D eigenvalue weighted by Gasteiger charge is 2.31. The summed E-state index contributed by atoms with van der Waals surface area (Å²) < 4.78 is 5.89. The standard InChI is InChI=1S/C17H19ClN2O3S2/c18-13-2-3-14(21)12(10-13)11-15-16(22)20(17(24)25-15)5-1-4-19-6-8-23-9-7-19/h2-3,10-11,21H,1,4-9H2/b15-11-. The van der Waals surface area contributed by atoms with Crippen molar-refractivity contribution in [3.8, 4) is 5.75 Å².